The van der Waals surface area contributed by atoms with Crippen molar-refractivity contribution in [3.63, 3.8) is 0 Å². The zero-order chi connectivity index (χ0) is 29.2. The number of sulfonamides is 1. The number of carbonyl (C=O) groups is 1. The van der Waals surface area contributed by atoms with E-state index in [2.05, 4.69) is 15.0 Å². The number of carbonyl (C=O) groups excluding carboxylic acids is 1. The summed E-state index contributed by atoms with van der Waals surface area (Å²) in [6, 6.07) is 10.0. The van der Waals surface area contributed by atoms with Crippen molar-refractivity contribution in [2.24, 2.45) is 5.92 Å². The summed E-state index contributed by atoms with van der Waals surface area (Å²) < 4.78 is 46.1. The maximum atomic E-state index is 14.1. The Hall–Kier alpha value is -3.92. The number of methoxy groups -OCH3 is 1. The second-order valence-corrected chi connectivity index (χ2v) is 12.8. The minimum atomic E-state index is -3.48. The van der Waals surface area contributed by atoms with Gasteiger partial charge in [-0.3, -0.25) is 14.3 Å². The number of aromatic nitrogens is 1. The van der Waals surface area contributed by atoms with Crippen LogP contribution in [0.3, 0.4) is 0 Å². The number of amides is 1. The largest absolute Gasteiger partial charge is 0.496 e. The molecule has 1 aliphatic rings. The van der Waals surface area contributed by atoms with Crippen molar-refractivity contribution in [2.45, 2.75) is 39.0 Å². The molecular formula is C30H34FN3O5S. The lowest BCUT2D eigenvalue weighted by atomic mass is 9.83. The van der Waals surface area contributed by atoms with Gasteiger partial charge in [-0.15, -0.1) is 0 Å². The Kier molecular flexibility index (Phi) is 8.20. The Balaban J connectivity index is 1.84. The monoisotopic (exact) mass is 567 g/mol. The van der Waals surface area contributed by atoms with Gasteiger partial charge in [-0.25, -0.2) is 12.8 Å². The first kappa shape index (κ1) is 29.1. The molecule has 4 rings (SSSR count). The number of halogens is 1. The summed E-state index contributed by atoms with van der Waals surface area (Å²) in [5.74, 6) is -0.178. The van der Waals surface area contributed by atoms with Gasteiger partial charge in [0.05, 0.1) is 13.4 Å². The van der Waals surface area contributed by atoms with Crippen LogP contribution in [0, 0.1) is 11.7 Å². The molecule has 1 fully saturated rings. The van der Waals surface area contributed by atoms with Crippen molar-refractivity contribution in [1.82, 2.24) is 10.3 Å². The highest BCUT2D eigenvalue weighted by molar-refractivity contribution is 7.92. The number of ether oxygens (including phenoxy) is 1. The second kappa shape index (κ2) is 11.3. The summed E-state index contributed by atoms with van der Waals surface area (Å²) >= 11 is 0. The molecule has 1 atom stereocenters. The molecule has 1 saturated heterocycles. The number of H-pyrrole nitrogens is 1. The average molecular weight is 568 g/mol. The summed E-state index contributed by atoms with van der Waals surface area (Å²) in [5.41, 5.74) is 3.51. The molecule has 3 aromatic rings. The third-order valence-electron chi connectivity index (χ3n) is 6.83. The van der Waals surface area contributed by atoms with Gasteiger partial charge in [-0.1, -0.05) is 39.0 Å². The van der Waals surface area contributed by atoms with E-state index in [4.69, 9.17) is 4.74 Å². The van der Waals surface area contributed by atoms with Gasteiger partial charge in [-0.2, -0.15) is 0 Å². The predicted octanol–water partition coefficient (Wildman–Crippen LogP) is 4.71. The quantitative estimate of drug-likeness (QED) is 0.341. The fourth-order valence-electron chi connectivity index (χ4n) is 4.89. The number of anilines is 1. The molecular weight excluding hydrogens is 533 g/mol. The summed E-state index contributed by atoms with van der Waals surface area (Å²) in [6.45, 7) is 6.68. The first-order chi connectivity index (χ1) is 18.7. The fraction of sp³-hybridized carbons (Fsp3) is 0.333. The fourth-order valence-corrected chi connectivity index (χ4v) is 5.45. The molecule has 212 valence electrons. The molecule has 2 aromatic carbocycles. The highest BCUT2D eigenvalue weighted by atomic mass is 32.2. The van der Waals surface area contributed by atoms with Crippen LogP contribution in [0.25, 0.3) is 23.3 Å². The number of benzene rings is 2. The van der Waals surface area contributed by atoms with Crippen molar-refractivity contribution < 1.29 is 22.3 Å². The third kappa shape index (κ3) is 6.80. The molecule has 1 aromatic heterocycles. The maximum absolute atomic E-state index is 14.1. The van der Waals surface area contributed by atoms with Crippen molar-refractivity contribution in [1.29, 1.82) is 0 Å². The molecule has 0 aliphatic carbocycles. The number of hydrogen-bond acceptors (Lipinski definition) is 5. The molecule has 0 bridgehead atoms. The van der Waals surface area contributed by atoms with Crippen LogP contribution in [-0.2, 0) is 26.7 Å². The maximum Gasteiger partial charge on any atom is 0.256 e. The molecule has 0 radical (unpaired) electrons. The van der Waals surface area contributed by atoms with Crippen LogP contribution in [0.4, 0.5) is 10.1 Å². The van der Waals surface area contributed by atoms with Gasteiger partial charge >= 0.3 is 0 Å². The lowest BCUT2D eigenvalue weighted by Gasteiger charge is -2.24. The van der Waals surface area contributed by atoms with Gasteiger partial charge < -0.3 is 15.0 Å². The molecule has 0 saturated carbocycles. The van der Waals surface area contributed by atoms with Crippen LogP contribution in [-0.4, -0.2) is 39.2 Å². The first-order valence-corrected chi connectivity index (χ1v) is 14.8. The molecule has 1 aliphatic heterocycles. The van der Waals surface area contributed by atoms with E-state index in [1.54, 1.807) is 31.4 Å². The number of hydrogen-bond donors (Lipinski definition) is 3. The Morgan fingerprint density at radius 3 is 2.45 bits per heavy atom. The van der Waals surface area contributed by atoms with Crippen LogP contribution in [0.2, 0.25) is 0 Å². The molecule has 8 nitrogen and oxygen atoms in total. The summed E-state index contributed by atoms with van der Waals surface area (Å²) in [6.07, 6.45) is 6.96. The lowest BCUT2D eigenvalue weighted by Crippen LogP contribution is -2.20. The van der Waals surface area contributed by atoms with Crippen LogP contribution in [0.15, 0.2) is 47.4 Å². The van der Waals surface area contributed by atoms with E-state index in [0.29, 0.717) is 42.0 Å². The van der Waals surface area contributed by atoms with Crippen molar-refractivity contribution in [2.75, 3.05) is 24.6 Å². The van der Waals surface area contributed by atoms with Gasteiger partial charge in [0, 0.05) is 41.0 Å². The minimum Gasteiger partial charge on any atom is -0.496 e. The predicted molar refractivity (Wildman–Crippen MR) is 156 cm³/mol. The molecule has 3 N–H and O–H groups in total. The van der Waals surface area contributed by atoms with Crippen LogP contribution in [0.5, 0.6) is 5.75 Å². The smallest absolute Gasteiger partial charge is 0.256 e. The minimum absolute atomic E-state index is 0.0269. The summed E-state index contributed by atoms with van der Waals surface area (Å²) in [4.78, 5) is 27.3. The van der Waals surface area contributed by atoms with Crippen molar-refractivity contribution in [3.8, 4) is 16.9 Å². The van der Waals surface area contributed by atoms with Gasteiger partial charge in [0.25, 0.3) is 5.56 Å². The normalized spacial score (nSPS) is 15.8. The van der Waals surface area contributed by atoms with Gasteiger partial charge in [0.2, 0.25) is 15.9 Å². The SMILES string of the molecule is COc1c(/C=C/c2ccc(NS(C)(=O)=O)cc2CC2CCNC2=O)cc(-c2cc(F)c[nH]c2=O)cc1C(C)(C)C. The second-order valence-electron chi connectivity index (χ2n) is 11.1. The molecule has 10 heteroatoms. The van der Waals surface area contributed by atoms with Gasteiger partial charge in [0.15, 0.2) is 0 Å². The van der Waals surface area contributed by atoms with E-state index in [9.17, 15) is 22.4 Å². The van der Waals surface area contributed by atoms with Gasteiger partial charge in [-0.05, 0) is 65.3 Å². The Morgan fingerprint density at radius 2 is 1.82 bits per heavy atom. The van der Waals surface area contributed by atoms with E-state index < -0.39 is 21.4 Å². The molecule has 1 unspecified atom stereocenters. The van der Waals surface area contributed by atoms with Gasteiger partial charge in [0.1, 0.15) is 11.6 Å². The van der Waals surface area contributed by atoms with E-state index in [0.717, 1.165) is 29.1 Å². The van der Waals surface area contributed by atoms with E-state index in [1.165, 1.54) is 6.07 Å². The Bertz CT molecular complexity index is 1640. The summed E-state index contributed by atoms with van der Waals surface area (Å²) in [5, 5.41) is 2.85. The number of aromatic amines is 1. The van der Waals surface area contributed by atoms with Crippen LogP contribution < -0.4 is 20.3 Å². The van der Waals surface area contributed by atoms with Crippen molar-refractivity contribution in [3.05, 3.63) is 81.0 Å². The highest BCUT2D eigenvalue weighted by Gasteiger charge is 2.26. The summed E-state index contributed by atoms with van der Waals surface area (Å²) in [7, 11) is -1.91. The molecule has 40 heavy (non-hydrogen) atoms. The average Bonchev–Trinajstić information content (AvgIpc) is 3.27. The van der Waals surface area contributed by atoms with Crippen LogP contribution in [0.1, 0.15) is 49.4 Å². The van der Waals surface area contributed by atoms with E-state index in [-0.39, 0.29) is 22.8 Å². The zero-order valence-corrected chi connectivity index (χ0v) is 24.0. The first-order valence-electron chi connectivity index (χ1n) is 12.9. The highest BCUT2D eigenvalue weighted by Crippen LogP contribution is 2.38. The standard InChI is InChI=1S/C30H34FN3O5S/c1-30(2,3)26-15-22(25-16-23(31)17-33-29(25)36)12-19(27(26)39-4)7-6-18-8-9-24(34-40(5,37)38)14-21(18)13-20-10-11-32-28(20)35/h6-9,12,14-17,20,34H,10-11,13H2,1-5H3,(H,32,35)(H,33,36)/b7-6+. The lowest BCUT2D eigenvalue weighted by molar-refractivity contribution is -0.122. The number of nitrogens with one attached hydrogen (secondary N) is 3. The number of pyridine rings is 1. The topological polar surface area (TPSA) is 117 Å². The zero-order valence-electron chi connectivity index (χ0n) is 23.2. The van der Waals surface area contributed by atoms with Crippen LogP contribution >= 0.6 is 0 Å². The number of rotatable bonds is 8. The third-order valence-corrected chi connectivity index (χ3v) is 7.43. The molecule has 2 heterocycles. The van der Waals surface area contributed by atoms with E-state index in [1.807, 2.05) is 39.0 Å². The molecule has 1 amide bonds. The van der Waals surface area contributed by atoms with Crippen molar-refractivity contribution >= 4 is 33.8 Å². The molecule has 0 spiro atoms. The van der Waals surface area contributed by atoms with E-state index >= 15 is 0 Å². The Labute approximate surface area is 233 Å². The Morgan fingerprint density at radius 1 is 1.10 bits per heavy atom.